The van der Waals surface area contributed by atoms with E-state index in [1.807, 2.05) is 0 Å². The molecule has 0 aliphatic heterocycles. The SMILES string of the molecule is CCCCCCCCC(CCCCCCCC)OC(=O)CCCCCCCN(CCCCCCCC(=O)OCCC(CCCC)CCCC)CCCNc1noc(N)n1. The second kappa shape index (κ2) is 41.0. The van der Waals surface area contributed by atoms with Crippen molar-refractivity contribution in [2.45, 2.75) is 252 Å². The van der Waals surface area contributed by atoms with E-state index >= 15 is 0 Å². The van der Waals surface area contributed by atoms with Crippen LogP contribution in [0.25, 0.3) is 0 Å². The van der Waals surface area contributed by atoms with E-state index in [0.29, 0.717) is 31.3 Å². The largest absolute Gasteiger partial charge is 0.466 e. The van der Waals surface area contributed by atoms with Crippen molar-refractivity contribution in [3.8, 4) is 0 Å². The molecule has 0 unspecified atom stereocenters. The van der Waals surface area contributed by atoms with Gasteiger partial charge >= 0.3 is 18.0 Å². The Morgan fingerprint density at radius 2 is 1.05 bits per heavy atom. The van der Waals surface area contributed by atoms with Crippen LogP contribution in [0.4, 0.5) is 12.0 Å². The Hall–Kier alpha value is -2.36. The lowest BCUT2D eigenvalue weighted by Gasteiger charge is -2.22. The minimum atomic E-state index is -0.0239. The summed E-state index contributed by atoms with van der Waals surface area (Å²) >= 11 is 0. The molecule has 0 aliphatic carbocycles. The van der Waals surface area contributed by atoms with Crippen LogP contribution in [0.3, 0.4) is 0 Å². The van der Waals surface area contributed by atoms with E-state index < -0.39 is 0 Å². The molecule has 1 aromatic rings. The third-order valence-corrected chi connectivity index (χ3v) is 11.9. The second-order valence-electron chi connectivity index (χ2n) is 17.5. The van der Waals surface area contributed by atoms with Gasteiger partial charge in [0.15, 0.2) is 0 Å². The zero-order chi connectivity index (χ0) is 42.9. The van der Waals surface area contributed by atoms with Crippen LogP contribution in [0.5, 0.6) is 0 Å². The topological polar surface area (TPSA) is 133 Å². The van der Waals surface area contributed by atoms with Crippen molar-refractivity contribution < 1.29 is 23.6 Å². The van der Waals surface area contributed by atoms with Crippen molar-refractivity contribution in [2.75, 3.05) is 43.8 Å². The van der Waals surface area contributed by atoms with Gasteiger partial charge in [-0.2, -0.15) is 4.98 Å². The summed E-state index contributed by atoms with van der Waals surface area (Å²) < 4.78 is 16.6. The monoisotopic (exact) mass is 834 g/mol. The van der Waals surface area contributed by atoms with E-state index in [0.717, 1.165) is 103 Å². The number of aromatic nitrogens is 2. The van der Waals surface area contributed by atoms with Gasteiger partial charge in [-0.05, 0) is 94.9 Å². The predicted molar refractivity (Wildman–Crippen MR) is 248 cm³/mol. The summed E-state index contributed by atoms with van der Waals surface area (Å²) in [5, 5.41) is 7.04. The maximum atomic E-state index is 12.8. The molecule has 0 saturated heterocycles. The minimum absolute atomic E-state index is 0.0132. The zero-order valence-electron chi connectivity index (χ0n) is 39.2. The number of anilines is 2. The highest BCUT2D eigenvalue weighted by molar-refractivity contribution is 5.69. The fraction of sp³-hybridized carbons (Fsp3) is 0.918. The third-order valence-electron chi connectivity index (χ3n) is 11.9. The van der Waals surface area contributed by atoms with E-state index in [4.69, 9.17) is 19.7 Å². The van der Waals surface area contributed by atoms with Gasteiger partial charge in [-0.1, -0.05) is 169 Å². The first kappa shape index (κ1) is 54.7. The van der Waals surface area contributed by atoms with Gasteiger partial charge in [-0.25, -0.2) is 0 Å². The minimum Gasteiger partial charge on any atom is -0.466 e. The van der Waals surface area contributed by atoms with Crippen LogP contribution >= 0.6 is 0 Å². The Morgan fingerprint density at radius 1 is 0.576 bits per heavy atom. The molecule has 10 nitrogen and oxygen atoms in total. The maximum Gasteiger partial charge on any atom is 0.320 e. The molecule has 3 N–H and O–H groups in total. The summed E-state index contributed by atoms with van der Waals surface area (Å²) in [5.74, 6) is 1.13. The lowest BCUT2D eigenvalue weighted by molar-refractivity contribution is -0.150. The predicted octanol–water partition coefficient (Wildman–Crippen LogP) is 13.8. The molecule has 1 rings (SSSR count). The Labute approximate surface area is 363 Å². The number of nitrogens with two attached hydrogens (primary N) is 1. The number of carbonyl (C=O) groups is 2. The van der Waals surface area contributed by atoms with Crippen LogP contribution in [0, 0.1) is 5.92 Å². The fourth-order valence-electron chi connectivity index (χ4n) is 8.06. The molecule has 0 aromatic carbocycles. The van der Waals surface area contributed by atoms with Crippen molar-refractivity contribution in [1.29, 1.82) is 0 Å². The molecule has 0 fully saturated rings. The first-order valence-electron chi connectivity index (χ1n) is 25.3. The number of hydrogen-bond donors (Lipinski definition) is 2. The lowest BCUT2D eigenvalue weighted by Crippen LogP contribution is -2.28. The van der Waals surface area contributed by atoms with Gasteiger partial charge in [0.1, 0.15) is 6.10 Å². The third kappa shape index (κ3) is 35.0. The number of rotatable bonds is 45. The Balaban J connectivity index is 2.34. The summed E-state index contributed by atoms with van der Waals surface area (Å²) in [6.45, 7) is 13.5. The average molecular weight is 834 g/mol. The van der Waals surface area contributed by atoms with Gasteiger partial charge in [-0.3, -0.25) is 9.59 Å². The molecule has 59 heavy (non-hydrogen) atoms. The van der Waals surface area contributed by atoms with Crippen LogP contribution in [0.15, 0.2) is 4.52 Å². The van der Waals surface area contributed by atoms with Gasteiger partial charge in [0, 0.05) is 19.4 Å². The van der Waals surface area contributed by atoms with E-state index in [1.54, 1.807) is 0 Å². The van der Waals surface area contributed by atoms with Gasteiger partial charge in [0.25, 0.3) is 5.95 Å². The highest BCUT2D eigenvalue weighted by atomic mass is 16.5. The number of carbonyl (C=O) groups excluding carboxylic acids is 2. The maximum absolute atomic E-state index is 12.8. The zero-order valence-corrected chi connectivity index (χ0v) is 39.2. The number of nitrogen functional groups attached to an aromatic ring is 1. The summed E-state index contributed by atoms with van der Waals surface area (Å²) in [7, 11) is 0. The fourth-order valence-corrected chi connectivity index (χ4v) is 8.06. The summed E-state index contributed by atoms with van der Waals surface area (Å²) in [6, 6.07) is 0.0767. The van der Waals surface area contributed by atoms with Gasteiger partial charge < -0.3 is 29.9 Å². The van der Waals surface area contributed by atoms with Crippen molar-refractivity contribution in [3.05, 3.63) is 0 Å². The number of esters is 2. The molecule has 1 heterocycles. The normalized spacial score (nSPS) is 11.6. The molecule has 0 radical (unpaired) electrons. The van der Waals surface area contributed by atoms with Crippen molar-refractivity contribution in [1.82, 2.24) is 15.0 Å². The van der Waals surface area contributed by atoms with E-state index in [1.165, 1.54) is 128 Å². The average Bonchev–Trinajstić information content (AvgIpc) is 3.65. The van der Waals surface area contributed by atoms with Crippen LogP contribution in [0.2, 0.25) is 0 Å². The van der Waals surface area contributed by atoms with Crippen LogP contribution in [-0.2, 0) is 19.1 Å². The number of hydrogen-bond acceptors (Lipinski definition) is 10. The summed E-state index contributed by atoms with van der Waals surface area (Å²) in [6.07, 6.45) is 39.1. The molecule has 0 amide bonds. The highest BCUT2D eigenvalue weighted by Crippen LogP contribution is 2.21. The van der Waals surface area contributed by atoms with Crippen molar-refractivity contribution in [2.24, 2.45) is 5.92 Å². The van der Waals surface area contributed by atoms with Crippen molar-refractivity contribution >= 4 is 23.9 Å². The Morgan fingerprint density at radius 3 is 1.58 bits per heavy atom. The number of ether oxygens (including phenoxy) is 2. The van der Waals surface area contributed by atoms with E-state index in [2.05, 4.69) is 48.1 Å². The highest BCUT2D eigenvalue weighted by Gasteiger charge is 2.15. The molecule has 346 valence electrons. The van der Waals surface area contributed by atoms with Gasteiger partial charge in [0.05, 0.1) is 6.61 Å². The van der Waals surface area contributed by atoms with Gasteiger partial charge in [0.2, 0.25) is 0 Å². The Kier molecular flexibility index (Phi) is 38.0. The molecule has 10 heteroatoms. The molecule has 1 aromatic heterocycles. The molecule has 0 saturated carbocycles. The van der Waals surface area contributed by atoms with Crippen LogP contribution < -0.4 is 11.1 Å². The number of nitrogens with one attached hydrogen (secondary N) is 1. The molecule has 0 spiro atoms. The first-order chi connectivity index (χ1) is 28.9. The van der Waals surface area contributed by atoms with Crippen molar-refractivity contribution in [3.63, 3.8) is 0 Å². The summed E-state index contributed by atoms with van der Waals surface area (Å²) in [5.41, 5.74) is 5.56. The number of nitrogens with zero attached hydrogens (tertiary/aromatic N) is 3. The standard InChI is InChI=1S/C49H95N5O5/c1-5-9-13-15-19-25-34-45(35-26-20-16-14-10-6-2)58-47(56)37-28-22-18-24-30-41-54(42-31-39-51-49-52-48(50)59-53-49)40-29-23-17-21-27-36-46(55)57-43-38-44(32-11-7-3)33-12-8-4/h44-45H,5-43H2,1-4H3,(H3,50,51,52,53). The van der Waals surface area contributed by atoms with Gasteiger partial charge in [-0.15, -0.1) is 0 Å². The molecule has 0 bridgehead atoms. The summed E-state index contributed by atoms with van der Waals surface area (Å²) in [4.78, 5) is 31.8. The van der Waals surface area contributed by atoms with E-state index in [-0.39, 0.29) is 24.1 Å². The quantitative estimate of drug-likeness (QED) is 0.0483. The lowest BCUT2D eigenvalue weighted by atomic mass is 9.93. The van der Waals surface area contributed by atoms with E-state index in [9.17, 15) is 9.59 Å². The van der Waals surface area contributed by atoms with Crippen LogP contribution in [-0.4, -0.2) is 65.9 Å². The smallest absolute Gasteiger partial charge is 0.320 e. The first-order valence-corrected chi connectivity index (χ1v) is 25.3. The molecular weight excluding hydrogens is 739 g/mol. The molecule has 0 aliphatic rings. The molecular formula is C49H95N5O5. The number of unbranched alkanes of at least 4 members (excludes halogenated alkanes) is 20. The Bertz CT molecular complexity index is 1050. The van der Waals surface area contributed by atoms with Crippen LogP contribution in [0.1, 0.15) is 246 Å². The molecule has 0 atom stereocenters. The second-order valence-corrected chi connectivity index (χ2v) is 17.5.